The van der Waals surface area contributed by atoms with E-state index in [1.54, 1.807) is 33.2 Å². The fraction of sp³-hybridized carbons (Fsp3) is 0.417. The van der Waals surface area contributed by atoms with E-state index in [1.165, 1.54) is 11.0 Å². The third-order valence-corrected chi connectivity index (χ3v) is 2.41. The zero-order chi connectivity index (χ0) is 14.4. The molecule has 0 aliphatic rings. The molecule has 0 spiro atoms. The third-order valence-electron chi connectivity index (χ3n) is 2.41. The van der Waals surface area contributed by atoms with Crippen molar-refractivity contribution in [1.82, 2.24) is 4.90 Å². The Morgan fingerprint density at radius 1 is 1.47 bits per heavy atom. The van der Waals surface area contributed by atoms with E-state index in [-0.39, 0.29) is 29.6 Å². The van der Waals surface area contributed by atoms with Crippen molar-refractivity contribution in [3.8, 4) is 5.75 Å². The van der Waals surface area contributed by atoms with Gasteiger partial charge in [0.25, 0.3) is 0 Å². The average molecular weight is 267 g/mol. The first-order valence-corrected chi connectivity index (χ1v) is 5.81. The first kappa shape index (κ1) is 14.7. The van der Waals surface area contributed by atoms with Crippen molar-refractivity contribution >= 4 is 17.3 Å². The van der Waals surface area contributed by atoms with Crippen LogP contribution in [0.5, 0.6) is 5.75 Å². The molecule has 0 aliphatic heterocycles. The van der Waals surface area contributed by atoms with Crippen LogP contribution in [0.2, 0.25) is 0 Å². The second-order valence-electron chi connectivity index (χ2n) is 3.98. The molecule has 1 N–H and O–H groups in total. The van der Waals surface area contributed by atoms with Crippen molar-refractivity contribution in [3.63, 3.8) is 0 Å². The van der Waals surface area contributed by atoms with Gasteiger partial charge in [-0.2, -0.15) is 0 Å². The van der Waals surface area contributed by atoms with Crippen LogP contribution in [-0.4, -0.2) is 43.0 Å². The van der Waals surface area contributed by atoms with Crippen molar-refractivity contribution in [2.75, 3.05) is 32.6 Å². The number of nitrogens with one attached hydrogen (secondary N) is 1. The lowest BCUT2D eigenvalue weighted by Crippen LogP contribution is -2.28. The molecule has 0 atom stereocenters. The number of amides is 1. The molecule has 0 saturated heterocycles. The highest BCUT2D eigenvalue weighted by atomic mass is 16.6. The van der Waals surface area contributed by atoms with Crippen LogP contribution in [-0.2, 0) is 4.79 Å². The molecule has 0 aromatic heterocycles. The standard InChI is InChI=1S/C12H17N3O4/c1-4-19-10-7-5-6-9(12(10)15(17)18)13-8-11(16)14(2)3/h5-7,13H,4,8H2,1-3H3. The number of para-hydroxylation sites is 1. The lowest BCUT2D eigenvalue weighted by molar-refractivity contribution is -0.384. The van der Waals surface area contributed by atoms with Crippen LogP contribution in [0.3, 0.4) is 0 Å². The monoisotopic (exact) mass is 267 g/mol. The van der Waals surface area contributed by atoms with E-state index >= 15 is 0 Å². The number of likely N-dealkylation sites (N-methyl/N-ethyl adjacent to an activating group) is 1. The number of anilines is 1. The zero-order valence-corrected chi connectivity index (χ0v) is 11.2. The van der Waals surface area contributed by atoms with E-state index < -0.39 is 4.92 Å². The number of carbonyl (C=O) groups excluding carboxylic acids is 1. The van der Waals surface area contributed by atoms with Crippen LogP contribution in [0, 0.1) is 10.1 Å². The molecule has 0 radical (unpaired) electrons. The topological polar surface area (TPSA) is 84.7 Å². The SMILES string of the molecule is CCOc1cccc(NCC(=O)N(C)C)c1[N+](=O)[O-]. The van der Waals surface area contributed by atoms with Gasteiger partial charge < -0.3 is 15.0 Å². The van der Waals surface area contributed by atoms with Crippen LogP contribution < -0.4 is 10.1 Å². The number of carbonyl (C=O) groups is 1. The fourth-order valence-electron chi connectivity index (χ4n) is 1.45. The van der Waals surface area contributed by atoms with Gasteiger partial charge in [0.2, 0.25) is 5.91 Å². The van der Waals surface area contributed by atoms with Gasteiger partial charge in [-0.05, 0) is 19.1 Å². The summed E-state index contributed by atoms with van der Waals surface area (Å²) in [6.45, 7) is 2.07. The molecule has 0 saturated carbocycles. The van der Waals surface area contributed by atoms with Gasteiger partial charge in [-0.15, -0.1) is 0 Å². The molecule has 104 valence electrons. The van der Waals surface area contributed by atoms with E-state index in [1.807, 2.05) is 0 Å². The Balaban J connectivity index is 2.96. The molecule has 1 amide bonds. The van der Waals surface area contributed by atoms with Crippen molar-refractivity contribution < 1.29 is 14.5 Å². The largest absolute Gasteiger partial charge is 0.487 e. The number of nitro groups is 1. The maximum absolute atomic E-state index is 11.5. The summed E-state index contributed by atoms with van der Waals surface area (Å²) < 4.78 is 5.22. The highest BCUT2D eigenvalue weighted by molar-refractivity contribution is 5.82. The van der Waals surface area contributed by atoms with Crippen LogP contribution in [0.4, 0.5) is 11.4 Å². The highest BCUT2D eigenvalue weighted by Gasteiger charge is 2.21. The summed E-state index contributed by atoms with van der Waals surface area (Å²) in [4.78, 5) is 23.4. The summed E-state index contributed by atoms with van der Waals surface area (Å²) in [6, 6.07) is 4.71. The number of hydrogen-bond acceptors (Lipinski definition) is 5. The van der Waals surface area contributed by atoms with Crippen molar-refractivity contribution in [1.29, 1.82) is 0 Å². The van der Waals surface area contributed by atoms with Gasteiger partial charge in [-0.1, -0.05) is 6.07 Å². The number of rotatable bonds is 6. The fourth-order valence-corrected chi connectivity index (χ4v) is 1.45. The summed E-state index contributed by atoms with van der Waals surface area (Å²) in [7, 11) is 3.24. The molecule has 7 heteroatoms. The predicted octanol–water partition coefficient (Wildman–Crippen LogP) is 1.49. The number of benzene rings is 1. The Bertz CT molecular complexity index is 474. The maximum Gasteiger partial charge on any atom is 0.333 e. The Labute approximate surface area is 111 Å². The predicted molar refractivity (Wildman–Crippen MR) is 71.4 cm³/mol. The Morgan fingerprint density at radius 2 is 2.16 bits per heavy atom. The molecule has 1 aromatic rings. The van der Waals surface area contributed by atoms with E-state index in [0.717, 1.165) is 0 Å². The first-order chi connectivity index (χ1) is 8.97. The number of nitro benzene ring substituents is 1. The zero-order valence-electron chi connectivity index (χ0n) is 11.2. The van der Waals surface area contributed by atoms with E-state index in [4.69, 9.17) is 4.74 Å². The van der Waals surface area contributed by atoms with Gasteiger partial charge in [0, 0.05) is 14.1 Å². The minimum absolute atomic E-state index is 0.0105. The molecular formula is C12H17N3O4. The smallest absolute Gasteiger partial charge is 0.333 e. The average Bonchev–Trinajstić information content (AvgIpc) is 2.35. The van der Waals surface area contributed by atoms with Gasteiger partial charge in [0.15, 0.2) is 5.75 Å². The Kier molecular flexibility index (Phi) is 5.11. The third kappa shape index (κ3) is 3.84. The van der Waals surface area contributed by atoms with Crippen LogP contribution in [0.15, 0.2) is 18.2 Å². The lowest BCUT2D eigenvalue weighted by Gasteiger charge is -2.13. The van der Waals surface area contributed by atoms with Gasteiger partial charge in [-0.25, -0.2) is 0 Å². The number of nitrogens with zero attached hydrogens (tertiary/aromatic N) is 2. The van der Waals surface area contributed by atoms with Crippen molar-refractivity contribution in [2.24, 2.45) is 0 Å². The Morgan fingerprint density at radius 3 is 2.68 bits per heavy atom. The number of ether oxygens (including phenoxy) is 1. The molecule has 1 rings (SSSR count). The van der Waals surface area contributed by atoms with Crippen LogP contribution in [0.1, 0.15) is 6.92 Å². The lowest BCUT2D eigenvalue weighted by atomic mass is 10.2. The molecule has 7 nitrogen and oxygen atoms in total. The van der Waals surface area contributed by atoms with E-state index in [2.05, 4.69) is 5.32 Å². The minimum Gasteiger partial charge on any atom is -0.487 e. The summed E-state index contributed by atoms with van der Waals surface area (Å²) in [5, 5.41) is 13.8. The molecule has 0 bridgehead atoms. The van der Waals surface area contributed by atoms with Gasteiger partial charge in [-0.3, -0.25) is 14.9 Å². The van der Waals surface area contributed by atoms with Gasteiger partial charge >= 0.3 is 5.69 Å². The number of hydrogen-bond donors (Lipinski definition) is 1. The first-order valence-electron chi connectivity index (χ1n) is 5.81. The van der Waals surface area contributed by atoms with Gasteiger partial charge in [0.05, 0.1) is 18.1 Å². The summed E-state index contributed by atoms with van der Waals surface area (Å²) >= 11 is 0. The summed E-state index contributed by atoms with van der Waals surface area (Å²) in [5.41, 5.74) is 0.113. The highest BCUT2D eigenvalue weighted by Crippen LogP contribution is 2.34. The molecule has 19 heavy (non-hydrogen) atoms. The second kappa shape index (κ2) is 6.58. The van der Waals surface area contributed by atoms with Crippen molar-refractivity contribution in [3.05, 3.63) is 28.3 Å². The van der Waals surface area contributed by atoms with Crippen molar-refractivity contribution in [2.45, 2.75) is 6.92 Å². The van der Waals surface area contributed by atoms with E-state index in [9.17, 15) is 14.9 Å². The molecule has 0 aliphatic carbocycles. The Hall–Kier alpha value is -2.31. The maximum atomic E-state index is 11.5. The molecular weight excluding hydrogens is 250 g/mol. The minimum atomic E-state index is -0.520. The molecule has 1 aromatic carbocycles. The van der Waals surface area contributed by atoms with Crippen LogP contribution in [0.25, 0.3) is 0 Å². The summed E-state index contributed by atoms with van der Waals surface area (Å²) in [6.07, 6.45) is 0. The second-order valence-corrected chi connectivity index (χ2v) is 3.98. The molecule has 0 fully saturated rings. The molecule has 0 heterocycles. The summed E-state index contributed by atoms with van der Waals surface area (Å²) in [5.74, 6) is 0.0194. The van der Waals surface area contributed by atoms with Crippen LogP contribution >= 0.6 is 0 Å². The quantitative estimate of drug-likeness (QED) is 0.623. The molecule has 0 unspecified atom stereocenters. The normalized spacial score (nSPS) is 9.84. The van der Waals surface area contributed by atoms with E-state index in [0.29, 0.717) is 6.61 Å². The van der Waals surface area contributed by atoms with Gasteiger partial charge in [0.1, 0.15) is 5.69 Å².